The molecule has 0 saturated heterocycles. The molecular formula is C16H16N2O2S. The molecule has 0 aliphatic carbocycles. The zero-order chi connectivity index (χ0) is 14.8. The summed E-state index contributed by atoms with van der Waals surface area (Å²) in [4.78, 5) is 4.33. The van der Waals surface area contributed by atoms with Crippen molar-refractivity contribution in [3.63, 3.8) is 0 Å². The smallest absolute Gasteiger partial charge is 0.208 e. The maximum Gasteiger partial charge on any atom is 0.208 e. The standard InChI is InChI=1S/C16H16N2O2S/c1-11-4-2-5-12(8-11)9-21(19)10-15-18-16-13(17)6-3-7-14(16)20-15/h2-8H,9-10,17H2,1H3. The number of aromatic nitrogens is 1. The summed E-state index contributed by atoms with van der Waals surface area (Å²) in [6.07, 6.45) is 0. The zero-order valence-corrected chi connectivity index (χ0v) is 12.5. The first-order valence-corrected chi connectivity index (χ1v) is 8.15. The second kappa shape index (κ2) is 5.69. The van der Waals surface area contributed by atoms with Crippen molar-refractivity contribution in [1.29, 1.82) is 0 Å². The minimum atomic E-state index is -1.06. The van der Waals surface area contributed by atoms with Crippen LogP contribution >= 0.6 is 0 Å². The van der Waals surface area contributed by atoms with Crippen LogP contribution < -0.4 is 5.73 Å². The van der Waals surface area contributed by atoms with Crippen LogP contribution in [0.1, 0.15) is 17.0 Å². The topological polar surface area (TPSA) is 69.1 Å². The molecule has 0 aliphatic rings. The predicted molar refractivity (Wildman–Crippen MR) is 85.2 cm³/mol. The Bertz CT molecular complexity index is 811. The molecule has 4 nitrogen and oxygen atoms in total. The Hall–Kier alpha value is -2.14. The molecule has 0 spiro atoms. The quantitative estimate of drug-likeness (QED) is 0.751. The van der Waals surface area contributed by atoms with Gasteiger partial charge in [-0.2, -0.15) is 0 Å². The van der Waals surface area contributed by atoms with Crippen molar-refractivity contribution in [2.45, 2.75) is 18.4 Å². The first-order chi connectivity index (χ1) is 10.1. The second-order valence-corrected chi connectivity index (χ2v) is 6.48. The third kappa shape index (κ3) is 3.13. The summed E-state index contributed by atoms with van der Waals surface area (Å²) in [7, 11) is -1.06. The van der Waals surface area contributed by atoms with E-state index in [0.717, 1.165) is 5.56 Å². The maximum absolute atomic E-state index is 12.2. The van der Waals surface area contributed by atoms with Gasteiger partial charge >= 0.3 is 0 Å². The van der Waals surface area contributed by atoms with E-state index in [1.54, 1.807) is 6.07 Å². The summed E-state index contributed by atoms with van der Waals surface area (Å²) in [5.41, 5.74) is 9.92. The van der Waals surface area contributed by atoms with E-state index < -0.39 is 10.8 Å². The number of oxazole rings is 1. The van der Waals surface area contributed by atoms with Crippen molar-refractivity contribution in [3.05, 3.63) is 59.5 Å². The van der Waals surface area contributed by atoms with Crippen molar-refractivity contribution in [3.8, 4) is 0 Å². The van der Waals surface area contributed by atoms with Crippen molar-refractivity contribution >= 4 is 27.6 Å². The molecule has 1 aromatic heterocycles. The number of rotatable bonds is 4. The molecule has 2 aromatic carbocycles. The van der Waals surface area contributed by atoms with Gasteiger partial charge in [-0.05, 0) is 24.6 Å². The van der Waals surface area contributed by atoms with Crippen LogP contribution in [0.15, 0.2) is 46.9 Å². The van der Waals surface area contributed by atoms with Crippen molar-refractivity contribution in [2.75, 3.05) is 5.73 Å². The van der Waals surface area contributed by atoms with Gasteiger partial charge in [0, 0.05) is 16.6 Å². The maximum atomic E-state index is 12.2. The van der Waals surface area contributed by atoms with Crippen molar-refractivity contribution in [1.82, 2.24) is 4.98 Å². The highest BCUT2D eigenvalue weighted by Gasteiger charge is 2.11. The molecular weight excluding hydrogens is 284 g/mol. The summed E-state index contributed by atoms with van der Waals surface area (Å²) in [6.45, 7) is 2.02. The van der Waals surface area contributed by atoms with Gasteiger partial charge in [-0.25, -0.2) is 4.98 Å². The van der Waals surface area contributed by atoms with Crippen LogP contribution in [0.5, 0.6) is 0 Å². The third-order valence-corrected chi connectivity index (χ3v) is 4.41. The number of nitrogen functional groups attached to an aromatic ring is 1. The SMILES string of the molecule is Cc1cccc(CS(=O)Cc2nc3c(N)cccc3o2)c1. The summed E-state index contributed by atoms with van der Waals surface area (Å²) in [5, 5.41) is 0. The Morgan fingerprint density at radius 1 is 1.19 bits per heavy atom. The van der Waals surface area contributed by atoms with Gasteiger partial charge in [0.05, 0.1) is 5.69 Å². The van der Waals surface area contributed by atoms with Crippen molar-refractivity contribution in [2.24, 2.45) is 0 Å². The molecule has 2 N–H and O–H groups in total. The first-order valence-electron chi connectivity index (χ1n) is 6.66. The number of anilines is 1. The lowest BCUT2D eigenvalue weighted by Crippen LogP contribution is -2.00. The Morgan fingerprint density at radius 2 is 2.00 bits per heavy atom. The molecule has 1 heterocycles. The lowest BCUT2D eigenvalue weighted by Gasteiger charge is -2.01. The first kappa shape index (κ1) is 13.8. The van der Waals surface area contributed by atoms with E-state index in [4.69, 9.17) is 10.2 Å². The number of fused-ring (bicyclic) bond motifs is 1. The van der Waals surface area contributed by atoms with E-state index in [9.17, 15) is 4.21 Å². The van der Waals surface area contributed by atoms with E-state index in [-0.39, 0.29) is 0 Å². The minimum Gasteiger partial charge on any atom is -0.440 e. The zero-order valence-electron chi connectivity index (χ0n) is 11.7. The number of para-hydroxylation sites is 1. The van der Waals surface area contributed by atoms with Gasteiger partial charge < -0.3 is 10.2 Å². The summed E-state index contributed by atoms with van der Waals surface area (Å²) in [5.74, 6) is 1.26. The van der Waals surface area contributed by atoms with Gasteiger partial charge in [-0.15, -0.1) is 0 Å². The molecule has 0 amide bonds. The molecule has 0 fully saturated rings. The monoisotopic (exact) mass is 300 g/mol. The predicted octanol–water partition coefficient (Wildman–Crippen LogP) is 3.17. The van der Waals surface area contributed by atoms with Crippen LogP contribution in [-0.2, 0) is 22.3 Å². The summed E-state index contributed by atoms with van der Waals surface area (Å²) in [6, 6.07) is 13.4. The second-order valence-electron chi connectivity index (χ2n) is 5.02. The number of hydrogen-bond acceptors (Lipinski definition) is 4. The Morgan fingerprint density at radius 3 is 2.76 bits per heavy atom. The van der Waals surface area contributed by atoms with Gasteiger partial charge in [0.15, 0.2) is 5.58 Å². The molecule has 1 atom stereocenters. The summed E-state index contributed by atoms with van der Waals surface area (Å²) >= 11 is 0. The van der Waals surface area contributed by atoms with Crippen LogP contribution in [0.3, 0.4) is 0 Å². The van der Waals surface area contributed by atoms with Crippen LogP contribution in [0.25, 0.3) is 11.1 Å². The fraction of sp³-hybridized carbons (Fsp3) is 0.188. The number of aryl methyl sites for hydroxylation is 1. The molecule has 108 valence electrons. The number of nitrogens with zero attached hydrogens (tertiary/aromatic N) is 1. The van der Waals surface area contributed by atoms with Gasteiger partial charge in [-0.1, -0.05) is 35.9 Å². The van der Waals surface area contributed by atoms with E-state index in [2.05, 4.69) is 4.98 Å². The fourth-order valence-electron chi connectivity index (χ4n) is 2.25. The molecule has 21 heavy (non-hydrogen) atoms. The fourth-order valence-corrected chi connectivity index (χ4v) is 3.31. The van der Waals surface area contributed by atoms with Crippen LogP contribution in [0.2, 0.25) is 0 Å². The third-order valence-electron chi connectivity index (χ3n) is 3.19. The van der Waals surface area contributed by atoms with E-state index >= 15 is 0 Å². The number of nitrogens with two attached hydrogens (primary N) is 1. The molecule has 5 heteroatoms. The highest BCUT2D eigenvalue weighted by molar-refractivity contribution is 7.83. The van der Waals surface area contributed by atoms with Gasteiger partial charge in [0.25, 0.3) is 0 Å². The molecule has 0 aliphatic heterocycles. The van der Waals surface area contributed by atoms with Crippen LogP contribution in [-0.4, -0.2) is 9.19 Å². The average Bonchev–Trinajstić information content (AvgIpc) is 2.82. The normalized spacial score (nSPS) is 12.6. The lowest BCUT2D eigenvalue weighted by atomic mass is 10.2. The summed E-state index contributed by atoms with van der Waals surface area (Å²) < 4.78 is 17.8. The Labute approximate surface area is 125 Å². The van der Waals surface area contributed by atoms with Crippen LogP contribution in [0.4, 0.5) is 5.69 Å². The van der Waals surface area contributed by atoms with E-state index in [0.29, 0.717) is 34.2 Å². The molecule has 3 rings (SSSR count). The Kier molecular flexibility index (Phi) is 3.75. The largest absolute Gasteiger partial charge is 0.440 e. The molecule has 3 aromatic rings. The highest BCUT2D eigenvalue weighted by atomic mass is 32.2. The number of benzene rings is 2. The lowest BCUT2D eigenvalue weighted by molar-refractivity contribution is 0.552. The van der Waals surface area contributed by atoms with Crippen molar-refractivity contribution < 1.29 is 8.63 Å². The number of hydrogen-bond donors (Lipinski definition) is 1. The Balaban J connectivity index is 1.75. The highest BCUT2D eigenvalue weighted by Crippen LogP contribution is 2.22. The molecule has 0 radical (unpaired) electrons. The molecule has 0 bridgehead atoms. The van der Waals surface area contributed by atoms with Gasteiger partial charge in [0.2, 0.25) is 5.89 Å². The van der Waals surface area contributed by atoms with Gasteiger partial charge in [-0.3, -0.25) is 4.21 Å². The average molecular weight is 300 g/mol. The molecule has 1 unspecified atom stereocenters. The molecule has 0 saturated carbocycles. The van der Waals surface area contributed by atoms with Gasteiger partial charge in [0.1, 0.15) is 11.3 Å². The minimum absolute atomic E-state index is 0.294. The van der Waals surface area contributed by atoms with E-state index in [1.807, 2.05) is 43.3 Å². The van der Waals surface area contributed by atoms with Crippen LogP contribution in [0, 0.1) is 6.92 Å². The van der Waals surface area contributed by atoms with E-state index in [1.165, 1.54) is 5.56 Å².